The zero-order valence-electron chi connectivity index (χ0n) is 12.6. The lowest BCUT2D eigenvalue weighted by atomic mass is 9.99. The van der Waals surface area contributed by atoms with Gasteiger partial charge in [0.15, 0.2) is 0 Å². The Morgan fingerprint density at radius 3 is 2.00 bits per heavy atom. The van der Waals surface area contributed by atoms with E-state index in [1.807, 2.05) is 67.6 Å². The molecule has 3 heteroatoms. The van der Waals surface area contributed by atoms with Gasteiger partial charge in [0, 0.05) is 11.3 Å². The number of hydrogen-bond acceptors (Lipinski definition) is 2. The minimum Gasteiger partial charge on any atom is -0.464 e. The van der Waals surface area contributed by atoms with Crippen molar-refractivity contribution >= 4 is 5.97 Å². The predicted molar refractivity (Wildman–Crippen MR) is 87.7 cm³/mol. The van der Waals surface area contributed by atoms with Crippen LogP contribution in [0.15, 0.2) is 60.7 Å². The van der Waals surface area contributed by atoms with Gasteiger partial charge in [-0.05, 0) is 23.6 Å². The SMILES string of the molecule is COC(=O)c1[nH]c(-c2ccccc2)c(C)c1-c1ccccc1. The fourth-order valence-electron chi connectivity index (χ4n) is 2.71. The molecule has 0 spiro atoms. The van der Waals surface area contributed by atoms with Gasteiger partial charge in [0.05, 0.1) is 7.11 Å². The van der Waals surface area contributed by atoms with Crippen LogP contribution in [0.5, 0.6) is 0 Å². The molecule has 0 radical (unpaired) electrons. The second kappa shape index (κ2) is 5.90. The van der Waals surface area contributed by atoms with Gasteiger partial charge in [-0.2, -0.15) is 0 Å². The molecule has 0 saturated carbocycles. The van der Waals surface area contributed by atoms with Crippen molar-refractivity contribution in [2.24, 2.45) is 0 Å². The minimum atomic E-state index is -0.357. The smallest absolute Gasteiger partial charge is 0.355 e. The van der Waals surface area contributed by atoms with Crippen molar-refractivity contribution in [3.63, 3.8) is 0 Å². The number of benzene rings is 2. The summed E-state index contributed by atoms with van der Waals surface area (Å²) < 4.78 is 4.93. The van der Waals surface area contributed by atoms with Crippen LogP contribution >= 0.6 is 0 Å². The molecular formula is C19H17NO2. The third-order valence-corrected chi connectivity index (χ3v) is 3.76. The van der Waals surface area contributed by atoms with Gasteiger partial charge < -0.3 is 9.72 Å². The molecule has 0 bridgehead atoms. The molecule has 0 aliphatic carbocycles. The number of aromatic nitrogens is 1. The Balaban J connectivity index is 2.24. The van der Waals surface area contributed by atoms with E-state index in [-0.39, 0.29) is 5.97 Å². The number of methoxy groups -OCH3 is 1. The number of aromatic amines is 1. The average Bonchev–Trinajstić information content (AvgIpc) is 2.93. The molecular weight excluding hydrogens is 274 g/mol. The summed E-state index contributed by atoms with van der Waals surface area (Å²) >= 11 is 0. The lowest BCUT2D eigenvalue weighted by Crippen LogP contribution is -2.03. The number of ether oxygens (including phenoxy) is 1. The molecule has 0 aliphatic heterocycles. The third kappa shape index (κ3) is 2.42. The van der Waals surface area contributed by atoms with Crippen LogP contribution in [0.2, 0.25) is 0 Å². The maximum absolute atomic E-state index is 12.2. The highest BCUT2D eigenvalue weighted by Gasteiger charge is 2.21. The van der Waals surface area contributed by atoms with Crippen molar-refractivity contribution in [1.82, 2.24) is 4.98 Å². The number of nitrogens with one attached hydrogen (secondary N) is 1. The standard InChI is InChI=1S/C19H17NO2/c1-13-16(14-9-5-3-6-10-14)18(19(21)22-2)20-17(13)15-11-7-4-8-12-15/h3-12,20H,1-2H3. The molecule has 0 saturated heterocycles. The van der Waals surface area contributed by atoms with Crippen LogP contribution in [0.1, 0.15) is 16.1 Å². The number of H-pyrrole nitrogens is 1. The zero-order chi connectivity index (χ0) is 15.5. The Morgan fingerprint density at radius 2 is 1.45 bits per heavy atom. The summed E-state index contributed by atoms with van der Waals surface area (Å²) in [6.07, 6.45) is 0. The molecule has 0 aliphatic rings. The van der Waals surface area contributed by atoms with Gasteiger partial charge in [-0.15, -0.1) is 0 Å². The number of hydrogen-bond donors (Lipinski definition) is 1. The number of carbonyl (C=O) groups is 1. The lowest BCUT2D eigenvalue weighted by molar-refractivity contribution is 0.0596. The summed E-state index contributed by atoms with van der Waals surface area (Å²) in [6.45, 7) is 2.02. The Hall–Kier alpha value is -2.81. The lowest BCUT2D eigenvalue weighted by Gasteiger charge is -2.04. The topological polar surface area (TPSA) is 42.1 Å². The first-order valence-electron chi connectivity index (χ1n) is 7.14. The van der Waals surface area contributed by atoms with Crippen molar-refractivity contribution in [3.05, 3.63) is 71.9 Å². The highest BCUT2D eigenvalue weighted by molar-refractivity contribution is 5.99. The van der Waals surface area contributed by atoms with Crippen LogP contribution in [0.25, 0.3) is 22.4 Å². The molecule has 0 fully saturated rings. The van der Waals surface area contributed by atoms with E-state index in [9.17, 15) is 4.79 Å². The molecule has 1 aromatic heterocycles. The molecule has 1 heterocycles. The average molecular weight is 291 g/mol. The Bertz CT molecular complexity index is 789. The number of rotatable bonds is 3. The largest absolute Gasteiger partial charge is 0.464 e. The second-order valence-electron chi connectivity index (χ2n) is 5.10. The molecule has 0 atom stereocenters. The summed E-state index contributed by atoms with van der Waals surface area (Å²) in [5, 5.41) is 0. The van der Waals surface area contributed by atoms with Crippen molar-refractivity contribution in [2.75, 3.05) is 7.11 Å². The van der Waals surface area contributed by atoms with Gasteiger partial charge in [0.25, 0.3) is 0 Å². The number of esters is 1. The molecule has 3 aromatic rings. The minimum absolute atomic E-state index is 0.357. The van der Waals surface area contributed by atoms with E-state index < -0.39 is 0 Å². The quantitative estimate of drug-likeness (QED) is 0.725. The van der Waals surface area contributed by atoms with E-state index in [0.717, 1.165) is 27.9 Å². The zero-order valence-corrected chi connectivity index (χ0v) is 12.6. The van der Waals surface area contributed by atoms with E-state index in [0.29, 0.717) is 5.69 Å². The van der Waals surface area contributed by atoms with Gasteiger partial charge in [-0.25, -0.2) is 4.79 Å². The molecule has 0 unspecified atom stereocenters. The summed E-state index contributed by atoms with van der Waals surface area (Å²) in [7, 11) is 1.40. The van der Waals surface area contributed by atoms with Crippen LogP contribution in [0, 0.1) is 6.92 Å². The Morgan fingerprint density at radius 1 is 0.909 bits per heavy atom. The monoisotopic (exact) mass is 291 g/mol. The fourth-order valence-corrected chi connectivity index (χ4v) is 2.71. The fraction of sp³-hybridized carbons (Fsp3) is 0.105. The normalized spacial score (nSPS) is 10.5. The van der Waals surface area contributed by atoms with Gasteiger partial charge in [0.2, 0.25) is 0 Å². The van der Waals surface area contributed by atoms with Gasteiger partial charge in [0.1, 0.15) is 5.69 Å². The maximum atomic E-state index is 12.2. The highest BCUT2D eigenvalue weighted by atomic mass is 16.5. The van der Waals surface area contributed by atoms with Crippen molar-refractivity contribution in [1.29, 1.82) is 0 Å². The second-order valence-corrected chi connectivity index (χ2v) is 5.10. The van der Waals surface area contributed by atoms with Crippen molar-refractivity contribution in [2.45, 2.75) is 6.92 Å². The van der Waals surface area contributed by atoms with Gasteiger partial charge >= 0.3 is 5.97 Å². The molecule has 110 valence electrons. The van der Waals surface area contributed by atoms with Gasteiger partial charge in [-0.3, -0.25) is 0 Å². The van der Waals surface area contributed by atoms with E-state index in [4.69, 9.17) is 4.74 Å². The molecule has 3 rings (SSSR count). The Labute approximate surface area is 129 Å². The van der Waals surface area contributed by atoms with E-state index in [1.165, 1.54) is 7.11 Å². The molecule has 3 nitrogen and oxygen atoms in total. The summed E-state index contributed by atoms with van der Waals surface area (Å²) in [5.41, 5.74) is 5.42. The molecule has 22 heavy (non-hydrogen) atoms. The van der Waals surface area contributed by atoms with Crippen LogP contribution in [-0.4, -0.2) is 18.1 Å². The first kappa shape index (κ1) is 14.1. The van der Waals surface area contributed by atoms with Crippen molar-refractivity contribution < 1.29 is 9.53 Å². The summed E-state index contributed by atoms with van der Waals surface area (Å²) in [5.74, 6) is -0.357. The summed E-state index contributed by atoms with van der Waals surface area (Å²) in [6, 6.07) is 19.9. The van der Waals surface area contributed by atoms with Crippen LogP contribution in [-0.2, 0) is 4.74 Å². The first-order chi connectivity index (χ1) is 10.7. The van der Waals surface area contributed by atoms with E-state index >= 15 is 0 Å². The van der Waals surface area contributed by atoms with Crippen LogP contribution in [0.3, 0.4) is 0 Å². The van der Waals surface area contributed by atoms with Crippen molar-refractivity contribution in [3.8, 4) is 22.4 Å². The highest BCUT2D eigenvalue weighted by Crippen LogP contribution is 2.35. The predicted octanol–water partition coefficient (Wildman–Crippen LogP) is 4.44. The van der Waals surface area contributed by atoms with Crippen LogP contribution < -0.4 is 0 Å². The van der Waals surface area contributed by atoms with Gasteiger partial charge in [-0.1, -0.05) is 60.7 Å². The third-order valence-electron chi connectivity index (χ3n) is 3.76. The number of carbonyl (C=O) groups excluding carboxylic acids is 1. The van der Waals surface area contributed by atoms with E-state index in [2.05, 4.69) is 4.98 Å². The molecule has 0 amide bonds. The maximum Gasteiger partial charge on any atom is 0.355 e. The summed E-state index contributed by atoms with van der Waals surface area (Å²) in [4.78, 5) is 15.4. The van der Waals surface area contributed by atoms with E-state index in [1.54, 1.807) is 0 Å². The van der Waals surface area contributed by atoms with Crippen LogP contribution in [0.4, 0.5) is 0 Å². The molecule has 1 N–H and O–H groups in total. The molecule has 2 aromatic carbocycles. The first-order valence-corrected chi connectivity index (χ1v) is 7.14. The Kier molecular flexibility index (Phi) is 3.79.